The second kappa shape index (κ2) is 13.2. The molecular formula is C14H30NO13P. The van der Waals surface area contributed by atoms with E-state index in [1.54, 1.807) is 0 Å². The van der Waals surface area contributed by atoms with Gasteiger partial charge in [0.25, 0.3) is 0 Å². The third-order valence-electron chi connectivity index (χ3n) is 3.88. The number of aliphatic hydroxyl groups excluding tert-OH is 6. The van der Waals surface area contributed by atoms with Crippen LogP contribution in [0.1, 0.15) is 0 Å². The fourth-order valence-electron chi connectivity index (χ4n) is 2.36. The van der Waals surface area contributed by atoms with Gasteiger partial charge >= 0.3 is 7.82 Å². The van der Waals surface area contributed by atoms with Crippen molar-refractivity contribution in [3.05, 3.63) is 0 Å². The van der Waals surface area contributed by atoms with E-state index in [4.69, 9.17) is 34.1 Å². The average Bonchev–Trinajstić information content (AvgIpc) is 2.99. The minimum absolute atomic E-state index is 0.0239. The summed E-state index contributed by atoms with van der Waals surface area (Å²) in [6, 6.07) is 0. The molecule has 0 amide bonds. The van der Waals surface area contributed by atoms with Crippen LogP contribution in [0.4, 0.5) is 0 Å². The third kappa shape index (κ3) is 8.77. The Bertz CT molecular complexity index is 500. The van der Waals surface area contributed by atoms with Gasteiger partial charge in [-0.25, -0.2) is 4.57 Å². The summed E-state index contributed by atoms with van der Waals surface area (Å²) >= 11 is 0. The molecule has 14 nitrogen and oxygen atoms in total. The monoisotopic (exact) mass is 451 g/mol. The van der Waals surface area contributed by atoms with E-state index in [0.717, 1.165) is 0 Å². The maximum Gasteiger partial charge on any atom is 0.472 e. The normalized spacial score (nSPS) is 30.1. The Morgan fingerprint density at radius 2 is 1.79 bits per heavy atom. The van der Waals surface area contributed by atoms with Crippen molar-refractivity contribution in [2.75, 3.05) is 46.2 Å². The second-order valence-corrected chi connectivity index (χ2v) is 7.54. The van der Waals surface area contributed by atoms with Crippen LogP contribution in [0.25, 0.3) is 0 Å². The molecule has 0 aliphatic carbocycles. The number of phosphoric acid groups is 1. The van der Waals surface area contributed by atoms with Crippen LogP contribution >= 0.6 is 7.82 Å². The highest BCUT2D eigenvalue weighted by Crippen LogP contribution is 2.47. The average molecular weight is 451 g/mol. The van der Waals surface area contributed by atoms with E-state index in [0.29, 0.717) is 0 Å². The van der Waals surface area contributed by atoms with Crippen molar-refractivity contribution < 1.29 is 63.4 Å². The molecule has 9 N–H and O–H groups in total. The maximum atomic E-state index is 12.0. The molecule has 0 aromatic rings. The maximum absolute atomic E-state index is 12.0. The Balaban J connectivity index is 2.56. The summed E-state index contributed by atoms with van der Waals surface area (Å²) in [7, 11) is -4.64. The van der Waals surface area contributed by atoms with Gasteiger partial charge in [-0.05, 0) is 0 Å². The molecule has 0 spiro atoms. The fourth-order valence-corrected chi connectivity index (χ4v) is 3.29. The first-order valence-corrected chi connectivity index (χ1v) is 10.3. The Labute approximate surface area is 166 Å². The van der Waals surface area contributed by atoms with Gasteiger partial charge in [-0.2, -0.15) is 0 Å². The van der Waals surface area contributed by atoms with Crippen molar-refractivity contribution in [2.24, 2.45) is 5.73 Å². The van der Waals surface area contributed by atoms with E-state index in [1.165, 1.54) is 0 Å². The molecule has 29 heavy (non-hydrogen) atoms. The zero-order valence-corrected chi connectivity index (χ0v) is 16.5. The lowest BCUT2D eigenvalue weighted by Gasteiger charge is -2.24. The minimum atomic E-state index is -4.64. The fraction of sp³-hybridized carbons (Fsp3) is 1.00. The predicted molar refractivity (Wildman–Crippen MR) is 93.3 cm³/mol. The van der Waals surface area contributed by atoms with Gasteiger partial charge in [0.1, 0.15) is 36.6 Å². The van der Waals surface area contributed by atoms with E-state index in [9.17, 15) is 35.0 Å². The number of hydrogen-bond acceptors (Lipinski definition) is 13. The van der Waals surface area contributed by atoms with E-state index in [2.05, 4.69) is 0 Å². The molecular weight excluding hydrogens is 421 g/mol. The van der Waals surface area contributed by atoms with Gasteiger partial charge in [-0.1, -0.05) is 0 Å². The van der Waals surface area contributed by atoms with Gasteiger partial charge in [-0.15, -0.1) is 0 Å². The number of rotatable bonds is 15. The van der Waals surface area contributed by atoms with Crippen molar-refractivity contribution in [1.82, 2.24) is 0 Å². The molecule has 1 aliphatic heterocycles. The first kappa shape index (κ1) is 26.7. The molecule has 174 valence electrons. The highest BCUT2D eigenvalue weighted by molar-refractivity contribution is 7.47. The van der Waals surface area contributed by atoms with Gasteiger partial charge < -0.3 is 55.5 Å². The molecule has 0 aromatic carbocycles. The van der Waals surface area contributed by atoms with Gasteiger partial charge in [0, 0.05) is 6.54 Å². The molecule has 0 bridgehead atoms. The van der Waals surface area contributed by atoms with E-state index in [-0.39, 0.29) is 26.4 Å². The minimum Gasteiger partial charge on any atom is -0.394 e. The number of aliphatic hydroxyl groups is 6. The van der Waals surface area contributed by atoms with Gasteiger partial charge in [0.2, 0.25) is 0 Å². The summed E-state index contributed by atoms with van der Waals surface area (Å²) < 4.78 is 36.8. The molecule has 1 heterocycles. The zero-order chi connectivity index (χ0) is 22.0. The van der Waals surface area contributed by atoms with Crippen molar-refractivity contribution in [3.8, 4) is 0 Å². The highest BCUT2D eigenvalue weighted by atomic mass is 31.2. The number of ether oxygens (including phenoxy) is 3. The predicted octanol–water partition coefficient (Wildman–Crippen LogP) is -4.37. The van der Waals surface area contributed by atoms with Gasteiger partial charge in [-0.3, -0.25) is 9.05 Å². The lowest BCUT2D eigenvalue weighted by Crippen LogP contribution is -2.43. The Hall–Kier alpha value is -0.290. The van der Waals surface area contributed by atoms with Crippen LogP contribution < -0.4 is 5.73 Å². The van der Waals surface area contributed by atoms with E-state index >= 15 is 0 Å². The standard InChI is InChI=1S/C14H30NO13P/c15-1-2-24-3-4-26-29(22,23)28-13-10(6-17)27-14(12(13)21)25-7-9(19)11(20)8(18)5-16/h8-14,16-21H,1-7,15H2,(H,22,23)/t8?,9?,10-,11?,12?,13+,14-/m1/s1. The summed E-state index contributed by atoms with van der Waals surface area (Å²) in [5.41, 5.74) is 5.22. The molecule has 0 aromatic heterocycles. The number of nitrogens with two attached hydrogens (primary N) is 1. The first-order valence-electron chi connectivity index (χ1n) is 8.81. The molecule has 8 atom stereocenters. The van der Waals surface area contributed by atoms with Crippen LogP contribution in [0.5, 0.6) is 0 Å². The van der Waals surface area contributed by atoms with Crippen LogP contribution in [0, 0.1) is 0 Å². The summed E-state index contributed by atoms with van der Waals surface area (Å²) in [6.07, 6.45) is -10.9. The largest absolute Gasteiger partial charge is 0.472 e. The molecule has 1 fully saturated rings. The smallest absolute Gasteiger partial charge is 0.394 e. The van der Waals surface area contributed by atoms with Crippen molar-refractivity contribution in [3.63, 3.8) is 0 Å². The topological polar surface area (TPSA) is 231 Å². The molecule has 1 rings (SSSR count). The van der Waals surface area contributed by atoms with Crippen LogP contribution in [0.3, 0.4) is 0 Å². The van der Waals surface area contributed by atoms with Crippen molar-refractivity contribution in [2.45, 2.75) is 42.9 Å². The molecule has 15 heteroatoms. The van der Waals surface area contributed by atoms with Crippen LogP contribution in [-0.2, 0) is 27.8 Å². The second-order valence-electron chi connectivity index (χ2n) is 6.13. The van der Waals surface area contributed by atoms with Crippen LogP contribution in [-0.4, -0.2) is 125 Å². The SMILES string of the molecule is NCCOCCOP(=O)(O)O[C@@H]1C(O)[C@H](OCC(O)C(O)C(O)CO)O[C@@H]1CO. The molecule has 1 saturated heterocycles. The lowest BCUT2D eigenvalue weighted by atomic mass is 10.1. The molecule has 1 aliphatic rings. The third-order valence-corrected chi connectivity index (χ3v) is 4.90. The summed E-state index contributed by atoms with van der Waals surface area (Å²) in [4.78, 5) is 9.75. The number of hydrogen-bond donors (Lipinski definition) is 8. The zero-order valence-electron chi connectivity index (χ0n) is 15.6. The summed E-state index contributed by atoms with van der Waals surface area (Å²) in [5.74, 6) is 0. The molecule has 5 unspecified atom stereocenters. The Morgan fingerprint density at radius 1 is 1.10 bits per heavy atom. The first-order chi connectivity index (χ1) is 13.7. The number of phosphoric ester groups is 1. The quantitative estimate of drug-likeness (QED) is 0.0868. The molecule has 0 radical (unpaired) electrons. The Kier molecular flexibility index (Phi) is 12.2. The van der Waals surface area contributed by atoms with Crippen molar-refractivity contribution in [1.29, 1.82) is 0 Å². The molecule has 0 saturated carbocycles. The lowest BCUT2D eigenvalue weighted by molar-refractivity contribution is -0.194. The van der Waals surface area contributed by atoms with Gasteiger partial charge in [0.05, 0.1) is 39.6 Å². The van der Waals surface area contributed by atoms with E-state index < -0.39 is 70.6 Å². The van der Waals surface area contributed by atoms with Gasteiger partial charge in [0.15, 0.2) is 6.29 Å². The van der Waals surface area contributed by atoms with E-state index in [1.807, 2.05) is 0 Å². The summed E-state index contributed by atoms with van der Waals surface area (Å²) in [5, 5.41) is 56.8. The Morgan fingerprint density at radius 3 is 2.38 bits per heavy atom. The van der Waals surface area contributed by atoms with Crippen molar-refractivity contribution >= 4 is 7.82 Å². The summed E-state index contributed by atoms with van der Waals surface area (Å²) in [6.45, 7) is -1.94. The highest BCUT2D eigenvalue weighted by Gasteiger charge is 2.48. The van der Waals surface area contributed by atoms with Crippen LogP contribution in [0.2, 0.25) is 0 Å². The van der Waals surface area contributed by atoms with Crippen LogP contribution in [0.15, 0.2) is 0 Å².